The fraction of sp³-hybridized carbons (Fsp3) is 0.467. The molecule has 3 aliphatic rings. The molecule has 0 aliphatic carbocycles. The summed E-state index contributed by atoms with van der Waals surface area (Å²) in [6.45, 7) is 3.99. The summed E-state index contributed by atoms with van der Waals surface area (Å²) in [7, 11) is 0. The molecule has 9 nitrogen and oxygen atoms in total. The number of aryl methyl sites for hydroxylation is 1. The number of aliphatic hydroxyl groups is 1. The van der Waals surface area contributed by atoms with Crippen molar-refractivity contribution in [1.82, 2.24) is 15.0 Å². The van der Waals surface area contributed by atoms with Gasteiger partial charge in [0, 0.05) is 55.9 Å². The van der Waals surface area contributed by atoms with Gasteiger partial charge in [-0.3, -0.25) is 14.3 Å². The number of benzene rings is 2. The fourth-order valence-electron chi connectivity index (χ4n) is 6.36. The van der Waals surface area contributed by atoms with Gasteiger partial charge >= 0.3 is 0 Å². The Morgan fingerprint density at radius 1 is 1.10 bits per heavy atom. The van der Waals surface area contributed by atoms with Crippen LogP contribution in [0.5, 0.6) is 0 Å². The summed E-state index contributed by atoms with van der Waals surface area (Å²) in [4.78, 5) is 30.2. The number of ether oxygens (including phenoxy) is 1. The first-order chi connectivity index (χ1) is 19.0. The molecular formula is C30H35N5O4. The molecule has 204 valence electrons. The number of amides is 2. The van der Waals surface area contributed by atoms with E-state index in [1.54, 1.807) is 4.68 Å². The predicted octanol–water partition coefficient (Wildman–Crippen LogP) is 3.59. The van der Waals surface area contributed by atoms with Crippen molar-refractivity contribution in [1.29, 1.82) is 0 Å². The number of rotatable bonds is 8. The lowest BCUT2D eigenvalue weighted by Gasteiger charge is -2.28. The molecule has 3 aliphatic heterocycles. The molecule has 2 saturated heterocycles. The SMILES string of the molecule is C[C@H]1C[C@@H](CCn2cc(CCO)nn2)O[C@]12C(=O)N(Cc1ccc(N3CCCCC3=O)cc1)c1ccccc12. The van der Waals surface area contributed by atoms with Gasteiger partial charge in [0.2, 0.25) is 5.91 Å². The number of hydrogen-bond acceptors (Lipinski definition) is 6. The second-order valence-electron chi connectivity index (χ2n) is 10.9. The smallest absolute Gasteiger partial charge is 0.264 e. The van der Waals surface area contributed by atoms with Crippen molar-refractivity contribution in [2.45, 2.75) is 70.2 Å². The highest BCUT2D eigenvalue weighted by atomic mass is 16.5. The molecule has 4 heterocycles. The predicted molar refractivity (Wildman–Crippen MR) is 146 cm³/mol. The van der Waals surface area contributed by atoms with Crippen LogP contribution in [0.2, 0.25) is 0 Å². The number of anilines is 2. The molecule has 3 aromatic rings. The minimum absolute atomic E-state index is 0.0139. The zero-order valence-electron chi connectivity index (χ0n) is 22.3. The first-order valence-electron chi connectivity index (χ1n) is 14.0. The Kier molecular flexibility index (Phi) is 6.95. The fourth-order valence-corrected chi connectivity index (χ4v) is 6.36. The highest BCUT2D eigenvalue weighted by molar-refractivity contribution is 6.07. The Labute approximate surface area is 228 Å². The van der Waals surface area contributed by atoms with Crippen LogP contribution in [0.25, 0.3) is 0 Å². The summed E-state index contributed by atoms with van der Waals surface area (Å²) in [6.07, 6.45) is 6.35. The van der Waals surface area contributed by atoms with E-state index in [0.29, 0.717) is 25.9 Å². The molecule has 1 aromatic heterocycles. The minimum atomic E-state index is -0.994. The Balaban J connectivity index is 1.19. The van der Waals surface area contributed by atoms with Gasteiger partial charge in [-0.2, -0.15) is 0 Å². The van der Waals surface area contributed by atoms with Crippen LogP contribution in [-0.2, 0) is 39.4 Å². The number of piperidine rings is 1. The van der Waals surface area contributed by atoms with Gasteiger partial charge < -0.3 is 19.6 Å². The van der Waals surface area contributed by atoms with Crippen molar-refractivity contribution in [3.63, 3.8) is 0 Å². The van der Waals surface area contributed by atoms with Crippen LogP contribution >= 0.6 is 0 Å². The Morgan fingerprint density at radius 2 is 1.92 bits per heavy atom. The maximum atomic E-state index is 14.2. The summed E-state index contributed by atoms with van der Waals surface area (Å²) in [5.41, 5.74) is 3.53. The van der Waals surface area contributed by atoms with E-state index in [1.807, 2.05) is 64.5 Å². The molecule has 3 atom stereocenters. The maximum Gasteiger partial charge on any atom is 0.264 e. The lowest BCUT2D eigenvalue weighted by atomic mass is 9.83. The number of hydrogen-bond donors (Lipinski definition) is 1. The monoisotopic (exact) mass is 529 g/mol. The third-order valence-electron chi connectivity index (χ3n) is 8.37. The second kappa shape index (κ2) is 10.5. The molecule has 6 rings (SSSR count). The number of para-hydroxylation sites is 1. The molecule has 2 aromatic carbocycles. The lowest BCUT2D eigenvalue weighted by molar-refractivity contribution is -0.146. The average molecular weight is 530 g/mol. The molecule has 2 fully saturated rings. The summed E-state index contributed by atoms with van der Waals surface area (Å²) in [5, 5.41) is 17.4. The van der Waals surface area contributed by atoms with Crippen molar-refractivity contribution in [2.75, 3.05) is 23.0 Å². The zero-order valence-corrected chi connectivity index (χ0v) is 22.3. The number of fused-ring (bicyclic) bond motifs is 2. The van der Waals surface area contributed by atoms with E-state index in [9.17, 15) is 9.59 Å². The van der Waals surface area contributed by atoms with Crippen molar-refractivity contribution < 1.29 is 19.4 Å². The third kappa shape index (κ3) is 4.63. The average Bonchev–Trinajstić information content (AvgIpc) is 3.61. The van der Waals surface area contributed by atoms with Gasteiger partial charge in [-0.05, 0) is 49.4 Å². The van der Waals surface area contributed by atoms with Gasteiger partial charge in [0.1, 0.15) is 0 Å². The number of nitrogens with zero attached hydrogens (tertiary/aromatic N) is 5. The van der Waals surface area contributed by atoms with Gasteiger partial charge in [0.15, 0.2) is 5.60 Å². The first-order valence-corrected chi connectivity index (χ1v) is 14.0. The van der Waals surface area contributed by atoms with Crippen LogP contribution in [0.1, 0.15) is 55.8 Å². The molecule has 39 heavy (non-hydrogen) atoms. The third-order valence-corrected chi connectivity index (χ3v) is 8.37. The van der Waals surface area contributed by atoms with E-state index in [-0.39, 0.29) is 30.4 Å². The maximum absolute atomic E-state index is 14.2. The Morgan fingerprint density at radius 3 is 2.72 bits per heavy atom. The summed E-state index contributed by atoms with van der Waals surface area (Å²) in [6, 6.07) is 16.0. The number of carbonyl (C=O) groups excluding carboxylic acids is 2. The Bertz CT molecular complexity index is 1360. The topological polar surface area (TPSA) is 101 Å². The highest BCUT2D eigenvalue weighted by Gasteiger charge is 2.59. The second-order valence-corrected chi connectivity index (χ2v) is 10.9. The van der Waals surface area contributed by atoms with E-state index in [1.165, 1.54) is 0 Å². The van der Waals surface area contributed by atoms with Gasteiger partial charge in [0.25, 0.3) is 5.91 Å². The molecule has 0 unspecified atom stereocenters. The normalized spacial score (nSPS) is 24.7. The molecule has 1 spiro atoms. The van der Waals surface area contributed by atoms with E-state index in [4.69, 9.17) is 9.84 Å². The number of aliphatic hydroxyl groups excluding tert-OH is 1. The van der Waals surface area contributed by atoms with Crippen molar-refractivity contribution in [3.05, 3.63) is 71.5 Å². The van der Waals surface area contributed by atoms with Crippen molar-refractivity contribution in [2.24, 2.45) is 5.92 Å². The number of aromatic nitrogens is 3. The first kappa shape index (κ1) is 25.7. The van der Waals surface area contributed by atoms with E-state index in [0.717, 1.165) is 60.4 Å². The molecule has 1 N–H and O–H groups in total. The molecule has 0 bridgehead atoms. The summed E-state index contributed by atoms with van der Waals surface area (Å²) >= 11 is 0. The zero-order chi connectivity index (χ0) is 27.0. The van der Waals surface area contributed by atoms with E-state index >= 15 is 0 Å². The van der Waals surface area contributed by atoms with Gasteiger partial charge in [-0.1, -0.05) is 42.5 Å². The quantitative estimate of drug-likeness (QED) is 0.479. The lowest BCUT2D eigenvalue weighted by Crippen LogP contribution is -2.43. The van der Waals surface area contributed by atoms with Crippen LogP contribution in [0.15, 0.2) is 54.7 Å². The molecule has 0 radical (unpaired) electrons. The van der Waals surface area contributed by atoms with Gasteiger partial charge in [0.05, 0.1) is 24.0 Å². The van der Waals surface area contributed by atoms with E-state index in [2.05, 4.69) is 17.2 Å². The van der Waals surface area contributed by atoms with E-state index < -0.39 is 5.60 Å². The minimum Gasteiger partial charge on any atom is -0.396 e. The molecular weight excluding hydrogens is 494 g/mol. The molecule has 9 heteroatoms. The standard InChI is InChI=1S/C30H35N5O4/c1-21-18-25(13-16-33-20-23(14-17-36)31-32-33)39-30(21)26-6-2-3-7-27(26)35(29(30)38)19-22-9-11-24(12-10-22)34-15-5-4-8-28(34)37/h2-3,6-7,9-12,20-21,25,36H,4-5,8,13-19H2,1H3/t21-,25+,30+/m0/s1. The molecule has 2 amide bonds. The van der Waals surface area contributed by atoms with Gasteiger partial charge in [-0.15, -0.1) is 5.10 Å². The van der Waals surface area contributed by atoms with Crippen LogP contribution in [0.3, 0.4) is 0 Å². The van der Waals surface area contributed by atoms with Crippen LogP contribution in [0.4, 0.5) is 11.4 Å². The Hall–Kier alpha value is -3.56. The number of carbonyl (C=O) groups is 2. The van der Waals surface area contributed by atoms with Crippen molar-refractivity contribution >= 4 is 23.2 Å². The van der Waals surface area contributed by atoms with Crippen molar-refractivity contribution in [3.8, 4) is 0 Å². The summed E-state index contributed by atoms with van der Waals surface area (Å²) in [5.74, 6) is 0.185. The van der Waals surface area contributed by atoms with Crippen LogP contribution in [0, 0.1) is 5.92 Å². The molecule has 0 saturated carbocycles. The van der Waals surface area contributed by atoms with Gasteiger partial charge in [-0.25, -0.2) is 0 Å². The highest BCUT2D eigenvalue weighted by Crippen LogP contribution is 2.53. The largest absolute Gasteiger partial charge is 0.396 e. The van der Waals surface area contributed by atoms with Crippen LogP contribution in [-0.4, -0.2) is 51.2 Å². The van der Waals surface area contributed by atoms with Crippen LogP contribution < -0.4 is 9.80 Å². The summed E-state index contributed by atoms with van der Waals surface area (Å²) < 4.78 is 8.46.